The number of benzene rings is 1. The van der Waals surface area contributed by atoms with Crippen molar-refractivity contribution in [3.05, 3.63) is 28.2 Å². The lowest BCUT2D eigenvalue weighted by Gasteiger charge is -2.13. The van der Waals surface area contributed by atoms with Crippen LogP contribution in [0.2, 0.25) is 10.0 Å². The standard InChI is InChI=1S/C14H18Cl2N2OS/c1-18(9-14(19)17-11-3-4-11)6-7-20-13-8-10(15)2-5-12(13)16/h2,5,8,11H,3-4,6-7,9H2,1H3,(H,17,19)/p+1. The van der Waals surface area contributed by atoms with E-state index in [1.54, 1.807) is 17.8 Å². The summed E-state index contributed by atoms with van der Waals surface area (Å²) >= 11 is 13.7. The highest BCUT2D eigenvalue weighted by Gasteiger charge is 2.24. The number of nitrogens with one attached hydrogen (secondary N) is 2. The van der Waals surface area contributed by atoms with Gasteiger partial charge in [-0.25, -0.2) is 0 Å². The number of amides is 1. The molecule has 0 heterocycles. The van der Waals surface area contributed by atoms with Crippen molar-refractivity contribution in [2.45, 2.75) is 23.8 Å². The summed E-state index contributed by atoms with van der Waals surface area (Å²) in [6.07, 6.45) is 2.27. The molecular weight excluding hydrogens is 315 g/mol. The van der Waals surface area contributed by atoms with E-state index in [4.69, 9.17) is 23.2 Å². The maximum absolute atomic E-state index is 11.7. The fourth-order valence-electron chi connectivity index (χ4n) is 1.79. The highest BCUT2D eigenvalue weighted by atomic mass is 35.5. The van der Waals surface area contributed by atoms with Gasteiger partial charge in [-0.3, -0.25) is 4.79 Å². The minimum atomic E-state index is 0.149. The highest BCUT2D eigenvalue weighted by Crippen LogP contribution is 2.29. The molecule has 1 aliphatic rings. The Morgan fingerprint density at radius 3 is 2.90 bits per heavy atom. The molecule has 110 valence electrons. The molecule has 0 aliphatic heterocycles. The van der Waals surface area contributed by atoms with E-state index in [2.05, 4.69) is 5.32 Å². The van der Waals surface area contributed by atoms with Crippen LogP contribution in [0.25, 0.3) is 0 Å². The van der Waals surface area contributed by atoms with Crippen LogP contribution in [0.3, 0.4) is 0 Å². The number of likely N-dealkylation sites (N-methyl/N-ethyl adjacent to an activating group) is 1. The molecule has 2 rings (SSSR count). The van der Waals surface area contributed by atoms with E-state index < -0.39 is 0 Å². The predicted molar refractivity (Wildman–Crippen MR) is 85.0 cm³/mol. The number of carbonyl (C=O) groups is 1. The fourth-order valence-corrected chi connectivity index (χ4v) is 3.40. The van der Waals surface area contributed by atoms with Gasteiger partial charge in [-0.15, -0.1) is 11.8 Å². The summed E-state index contributed by atoms with van der Waals surface area (Å²) < 4.78 is 0. The number of quaternary nitrogens is 1. The molecule has 1 amide bonds. The molecule has 1 aromatic rings. The molecule has 1 aliphatic carbocycles. The second-order valence-electron chi connectivity index (χ2n) is 5.15. The van der Waals surface area contributed by atoms with Gasteiger partial charge >= 0.3 is 0 Å². The Kier molecular flexibility index (Phi) is 6.02. The van der Waals surface area contributed by atoms with Crippen molar-refractivity contribution >= 4 is 40.9 Å². The first-order chi connectivity index (χ1) is 9.54. The Hall–Kier alpha value is -0.420. The minimum absolute atomic E-state index is 0.149. The number of carbonyl (C=O) groups excluding carboxylic acids is 1. The summed E-state index contributed by atoms with van der Waals surface area (Å²) in [6.45, 7) is 1.44. The molecule has 6 heteroatoms. The second-order valence-corrected chi connectivity index (χ2v) is 7.13. The third-order valence-corrected chi connectivity index (χ3v) is 4.82. The van der Waals surface area contributed by atoms with Crippen LogP contribution in [-0.2, 0) is 4.79 Å². The Morgan fingerprint density at radius 1 is 1.45 bits per heavy atom. The van der Waals surface area contributed by atoms with Crippen molar-refractivity contribution in [1.29, 1.82) is 0 Å². The van der Waals surface area contributed by atoms with Crippen LogP contribution in [0, 0.1) is 0 Å². The second kappa shape index (κ2) is 7.55. The van der Waals surface area contributed by atoms with Gasteiger partial charge in [0.2, 0.25) is 0 Å². The summed E-state index contributed by atoms with van der Waals surface area (Å²) in [5, 5.41) is 4.43. The van der Waals surface area contributed by atoms with Crippen LogP contribution in [0.15, 0.2) is 23.1 Å². The molecule has 1 aromatic carbocycles. The van der Waals surface area contributed by atoms with E-state index in [1.807, 2.05) is 19.2 Å². The van der Waals surface area contributed by atoms with Gasteiger partial charge in [0.1, 0.15) is 0 Å². The fraction of sp³-hybridized carbons (Fsp3) is 0.500. The lowest BCUT2D eigenvalue weighted by atomic mass is 10.4. The number of rotatable bonds is 7. The molecule has 3 nitrogen and oxygen atoms in total. The van der Waals surface area contributed by atoms with Gasteiger partial charge in [0, 0.05) is 21.7 Å². The van der Waals surface area contributed by atoms with Gasteiger partial charge in [-0.2, -0.15) is 0 Å². The van der Waals surface area contributed by atoms with Gasteiger partial charge < -0.3 is 10.2 Å². The van der Waals surface area contributed by atoms with E-state index in [1.165, 1.54) is 4.90 Å². The molecule has 0 aromatic heterocycles. The van der Waals surface area contributed by atoms with Crippen molar-refractivity contribution in [1.82, 2.24) is 5.32 Å². The zero-order valence-electron chi connectivity index (χ0n) is 11.4. The third kappa shape index (κ3) is 5.52. The van der Waals surface area contributed by atoms with E-state index >= 15 is 0 Å². The zero-order chi connectivity index (χ0) is 14.5. The molecule has 0 saturated heterocycles. The third-order valence-electron chi connectivity index (χ3n) is 3.08. The molecule has 1 fully saturated rings. The number of halogens is 2. The van der Waals surface area contributed by atoms with Crippen LogP contribution in [-0.4, -0.2) is 37.8 Å². The summed E-state index contributed by atoms with van der Waals surface area (Å²) in [4.78, 5) is 13.9. The Morgan fingerprint density at radius 2 is 2.20 bits per heavy atom. The predicted octanol–water partition coefficient (Wildman–Crippen LogP) is 1.88. The lowest BCUT2D eigenvalue weighted by molar-refractivity contribution is -0.868. The van der Waals surface area contributed by atoms with E-state index in [-0.39, 0.29) is 5.91 Å². The van der Waals surface area contributed by atoms with Crippen molar-refractivity contribution in [2.24, 2.45) is 0 Å². The van der Waals surface area contributed by atoms with Crippen LogP contribution in [0.1, 0.15) is 12.8 Å². The van der Waals surface area contributed by atoms with E-state index in [0.717, 1.165) is 35.1 Å². The quantitative estimate of drug-likeness (QED) is 0.747. The number of hydrogen-bond donors (Lipinski definition) is 2. The number of hydrogen-bond acceptors (Lipinski definition) is 2. The molecule has 1 unspecified atom stereocenters. The van der Waals surface area contributed by atoms with Crippen molar-refractivity contribution in [2.75, 3.05) is 25.9 Å². The first kappa shape index (κ1) is 16.0. The molecular formula is C14H19Cl2N2OS+. The molecule has 0 bridgehead atoms. The van der Waals surface area contributed by atoms with Crippen molar-refractivity contribution in [3.8, 4) is 0 Å². The van der Waals surface area contributed by atoms with E-state index in [0.29, 0.717) is 17.6 Å². The minimum Gasteiger partial charge on any atom is -0.348 e. The van der Waals surface area contributed by atoms with Crippen LogP contribution in [0.4, 0.5) is 0 Å². The molecule has 1 atom stereocenters. The Balaban J connectivity index is 1.68. The SMILES string of the molecule is C[NH+](CCSc1cc(Cl)ccc1Cl)CC(=O)NC1CC1. The van der Waals surface area contributed by atoms with Gasteiger partial charge in [0.05, 0.1) is 18.6 Å². The maximum Gasteiger partial charge on any atom is 0.275 e. The topological polar surface area (TPSA) is 33.5 Å². The summed E-state index contributed by atoms with van der Waals surface area (Å²) in [6, 6.07) is 5.92. The number of thioether (sulfide) groups is 1. The first-order valence-corrected chi connectivity index (χ1v) is 8.47. The molecule has 20 heavy (non-hydrogen) atoms. The molecule has 0 radical (unpaired) electrons. The average molecular weight is 334 g/mol. The van der Waals surface area contributed by atoms with Crippen LogP contribution >= 0.6 is 35.0 Å². The van der Waals surface area contributed by atoms with Gasteiger partial charge in [-0.1, -0.05) is 23.2 Å². The van der Waals surface area contributed by atoms with Crippen molar-refractivity contribution < 1.29 is 9.69 Å². The monoisotopic (exact) mass is 333 g/mol. The summed E-state index contributed by atoms with van der Waals surface area (Å²) in [7, 11) is 2.03. The normalized spacial score (nSPS) is 15.9. The summed E-state index contributed by atoms with van der Waals surface area (Å²) in [5.41, 5.74) is 0. The summed E-state index contributed by atoms with van der Waals surface area (Å²) in [5.74, 6) is 1.05. The van der Waals surface area contributed by atoms with Gasteiger partial charge in [-0.05, 0) is 31.0 Å². The van der Waals surface area contributed by atoms with Crippen LogP contribution in [0.5, 0.6) is 0 Å². The smallest absolute Gasteiger partial charge is 0.275 e. The molecule has 0 spiro atoms. The largest absolute Gasteiger partial charge is 0.348 e. The highest BCUT2D eigenvalue weighted by molar-refractivity contribution is 7.99. The van der Waals surface area contributed by atoms with Crippen LogP contribution < -0.4 is 10.2 Å². The van der Waals surface area contributed by atoms with E-state index in [9.17, 15) is 4.79 Å². The van der Waals surface area contributed by atoms with Gasteiger partial charge in [0.25, 0.3) is 5.91 Å². The Bertz CT molecular complexity index is 480. The lowest BCUT2D eigenvalue weighted by Crippen LogP contribution is -3.10. The maximum atomic E-state index is 11.7. The molecule has 1 saturated carbocycles. The Labute approximate surface area is 134 Å². The van der Waals surface area contributed by atoms with Crippen molar-refractivity contribution in [3.63, 3.8) is 0 Å². The zero-order valence-corrected chi connectivity index (χ0v) is 13.7. The average Bonchev–Trinajstić information content (AvgIpc) is 3.17. The van der Waals surface area contributed by atoms with Gasteiger partial charge in [0.15, 0.2) is 6.54 Å². The molecule has 2 N–H and O–H groups in total. The first-order valence-electron chi connectivity index (χ1n) is 6.73.